The molecule has 0 aromatic heterocycles. The molecule has 0 N–H and O–H groups in total. The molecule has 0 unspecified atom stereocenters. The van der Waals surface area contributed by atoms with E-state index in [0.29, 0.717) is 6.54 Å². The SMILES string of the molecule is COc1cccc([C@H](C)N(C)Cc2ccc(OC)c(OC(F)F)c2)c1. The minimum absolute atomic E-state index is 0.0393. The zero-order chi connectivity index (χ0) is 18.4. The Morgan fingerprint density at radius 2 is 1.76 bits per heavy atom. The van der Waals surface area contributed by atoms with Gasteiger partial charge in [0, 0.05) is 12.6 Å². The maximum atomic E-state index is 12.6. The lowest BCUT2D eigenvalue weighted by Gasteiger charge is -2.26. The van der Waals surface area contributed by atoms with Crippen LogP contribution in [0.25, 0.3) is 0 Å². The molecule has 4 nitrogen and oxygen atoms in total. The molecule has 1 atom stereocenters. The van der Waals surface area contributed by atoms with Crippen molar-refractivity contribution in [2.45, 2.75) is 26.1 Å². The summed E-state index contributed by atoms with van der Waals surface area (Å²) in [6, 6.07) is 13.0. The van der Waals surface area contributed by atoms with Gasteiger partial charge in [-0.3, -0.25) is 4.90 Å². The molecule has 0 radical (unpaired) electrons. The first-order valence-corrected chi connectivity index (χ1v) is 7.90. The predicted molar refractivity (Wildman–Crippen MR) is 92.5 cm³/mol. The normalized spacial score (nSPS) is 12.3. The predicted octanol–water partition coefficient (Wildman–Crippen LogP) is 4.50. The van der Waals surface area contributed by atoms with Gasteiger partial charge in [-0.2, -0.15) is 8.78 Å². The topological polar surface area (TPSA) is 30.9 Å². The first-order chi connectivity index (χ1) is 11.9. The second-order valence-electron chi connectivity index (χ2n) is 5.73. The lowest BCUT2D eigenvalue weighted by atomic mass is 10.1. The van der Waals surface area contributed by atoms with Crippen LogP contribution in [0.5, 0.6) is 17.2 Å². The van der Waals surface area contributed by atoms with Crippen molar-refractivity contribution in [3.8, 4) is 17.2 Å². The molecule has 2 rings (SSSR count). The summed E-state index contributed by atoms with van der Waals surface area (Å²) in [6.07, 6.45) is 0. The Morgan fingerprint density at radius 3 is 2.40 bits per heavy atom. The third-order valence-corrected chi connectivity index (χ3v) is 4.11. The van der Waals surface area contributed by atoms with Crippen molar-refractivity contribution < 1.29 is 23.0 Å². The quantitative estimate of drug-likeness (QED) is 0.701. The van der Waals surface area contributed by atoms with E-state index in [-0.39, 0.29) is 17.5 Å². The van der Waals surface area contributed by atoms with E-state index in [9.17, 15) is 8.78 Å². The monoisotopic (exact) mass is 351 g/mol. The standard InChI is InChI=1S/C19H23F2NO3/c1-13(15-6-5-7-16(11-15)23-3)22(2)12-14-8-9-17(24-4)18(10-14)25-19(20)21/h5-11,13,19H,12H2,1-4H3/t13-/m0/s1. The van der Waals surface area contributed by atoms with E-state index < -0.39 is 6.61 Å². The van der Waals surface area contributed by atoms with Gasteiger partial charge in [-0.05, 0) is 49.4 Å². The van der Waals surface area contributed by atoms with Crippen molar-refractivity contribution in [3.05, 3.63) is 53.6 Å². The first-order valence-electron chi connectivity index (χ1n) is 7.90. The van der Waals surface area contributed by atoms with Gasteiger partial charge in [-0.1, -0.05) is 18.2 Å². The molecule has 2 aromatic carbocycles. The molecule has 0 fully saturated rings. The fourth-order valence-electron chi connectivity index (χ4n) is 2.59. The highest BCUT2D eigenvalue weighted by atomic mass is 19.3. The fraction of sp³-hybridized carbons (Fsp3) is 0.368. The molecular formula is C19H23F2NO3. The smallest absolute Gasteiger partial charge is 0.387 e. The highest BCUT2D eigenvalue weighted by molar-refractivity contribution is 5.43. The van der Waals surface area contributed by atoms with Crippen molar-refractivity contribution in [2.24, 2.45) is 0 Å². The highest BCUT2D eigenvalue weighted by Crippen LogP contribution is 2.31. The number of hydrogen-bond donors (Lipinski definition) is 0. The van der Waals surface area contributed by atoms with Gasteiger partial charge in [0.1, 0.15) is 5.75 Å². The number of halogens is 2. The van der Waals surface area contributed by atoms with Crippen molar-refractivity contribution in [3.63, 3.8) is 0 Å². The largest absolute Gasteiger partial charge is 0.497 e. The fourth-order valence-corrected chi connectivity index (χ4v) is 2.59. The van der Waals surface area contributed by atoms with Crippen LogP contribution < -0.4 is 14.2 Å². The summed E-state index contributed by atoms with van der Waals surface area (Å²) in [5, 5.41) is 0. The number of methoxy groups -OCH3 is 2. The molecule has 136 valence electrons. The average molecular weight is 351 g/mol. The summed E-state index contributed by atoms with van der Waals surface area (Å²) in [6.45, 7) is -0.241. The van der Waals surface area contributed by atoms with Crippen LogP contribution in [0.4, 0.5) is 8.78 Å². The third-order valence-electron chi connectivity index (χ3n) is 4.11. The number of rotatable bonds is 8. The summed E-state index contributed by atoms with van der Waals surface area (Å²) in [7, 11) is 5.03. The summed E-state index contributed by atoms with van der Waals surface area (Å²) in [4.78, 5) is 2.11. The van der Waals surface area contributed by atoms with Crippen LogP contribution in [0, 0.1) is 0 Å². The van der Waals surface area contributed by atoms with Gasteiger partial charge in [0.25, 0.3) is 0 Å². The van der Waals surface area contributed by atoms with Crippen molar-refractivity contribution in [1.82, 2.24) is 4.90 Å². The summed E-state index contributed by atoms with van der Waals surface area (Å²) >= 11 is 0. The van der Waals surface area contributed by atoms with Crippen LogP contribution in [-0.4, -0.2) is 32.8 Å². The number of benzene rings is 2. The van der Waals surface area contributed by atoms with Gasteiger partial charge in [-0.25, -0.2) is 0 Å². The lowest BCUT2D eigenvalue weighted by Crippen LogP contribution is -2.22. The van der Waals surface area contributed by atoms with Gasteiger partial charge in [-0.15, -0.1) is 0 Å². The van der Waals surface area contributed by atoms with E-state index in [1.54, 1.807) is 19.2 Å². The minimum Gasteiger partial charge on any atom is -0.497 e. The van der Waals surface area contributed by atoms with E-state index in [2.05, 4.69) is 16.6 Å². The maximum absolute atomic E-state index is 12.6. The van der Waals surface area contributed by atoms with E-state index in [1.807, 2.05) is 37.4 Å². The molecule has 0 heterocycles. The highest BCUT2D eigenvalue weighted by Gasteiger charge is 2.15. The second-order valence-corrected chi connectivity index (χ2v) is 5.73. The Hall–Kier alpha value is -2.34. The van der Waals surface area contributed by atoms with Gasteiger partial charge in [0.15, 0.2) is 11.5 Å². The Bertz CT molecular complexity index is 694. The van der Waals surface area contributed by atoms with Crippen LogP contribution in [-0.2, 0) is 6.54 Å². The Kier molecular flexibility index (Phi) is 6.58. The molecule has 0 saturated carbocycles. The Morgan fingerprint density at radius 1 is 1.00 bits per heavy atom. The van der Waals surface area contributed by atoms with Gasteiger partial charge in [0.05, 0.1) is 14.2 Å². The zero-order valence-electron chi connectivity index (χ0n) is 14.8. The van der Waals surface area contributed by atoms with Crippen LogP contribution >= 0.6 is 0 Å². The average Bonchev–Trinajstić information content (AvgIpc) is 2.60. The molecule has 2 aromatic rings. The van der Waals surface area contributed by atoms with Gasteiger partial charge < -0.3 is 14.2 Å². The molecule has 0 spiro atoms. The summed E-state index contributed by atoms with van der Waals surface area (Å²) in [5.41, 5.74) is 1.97. The molecule has 6 heteroatoms. The van der Waals surface area contributed by atoms with Crippen LogP contribution in [0.15, 0.2) is 42.5 Å². The lowest BCUT2D eigenvalue weighted by molar-refractivity contribution is -0.0512. The van der Waals surface area contributed by atoms with Crippen LogP contribution in [0.2, 0.25) is 0 Å². The summed E-state index contributed by atoms with van der Waals surface area (Å²) < 4.78 is 40.0. The molecule has 0 bridgehead atoms. The Balaban J connectivity index is 2.14. The van der Waals surface area contributed by atoms with Crippen molar-refractivity contribution in [2.75, 3.05) is 21.3 Å². The summed E-state index contributed by atoms with van der Waals surface area (Å²) in [5.74, 6) is 1.12. The van der Waals surface area contributed by atoms with Crippen LogP contribution in [0.3, 0.4) is 0 Å². The zero-order valence-corrected chi connectivity index (χ0v) is 14.8. The number of ether oxygens (including phenoxy) is 3. The molecule has 25 heavy (non-hydrogen) atoms. The molecule has 0 aliphatic heterocycles. The van der Waals surface area contributed by atoms with Gasteiger partial charge >= 0.3 is 6.61 Å². The number of hydrogen-bond acceptors (Lipinski definition) is 4. The third kappa shape index (κ3) is 5.06. The van der Waals surface area contributed by atoms with Gasteiger partial charge in [0.2, 0.25) is 0 Å². The maximum Gasteiger partial charge on any atom is 0.387 e. The minimum atomic E-state index is -2.89. The van der Waals surface area contributed by atoms with E-state index >= 15 is 0 Å². The van der Waals surface area contributed by atoms with E-state index in [0.717, 1.165) is 16.9 Å². The van der Waals surface area contributed by atoms with Crippen molar-refractivity contribution >= 4 is 0 Å². The number of nitrogens with zero attached hydrogens (tertiary/aromatic N) is 1. The number of alkyl halides is 2. The molecule has 0 aliphatic carbocycles. The Labute approximate surface area is 146 Å². The molecular weight excluding hydrogens is 328 g/mol. The van der Waals surface area contributed by atoms with E-state index in [1.165, 1.54) is 7.11 Å². The van der Waals surface area contributed by atoms with E-state index in [4.69, 9.17) is 9.47 Å². The molecule has 0 amide bonds. The van der Waals surface area contributed by atoms with Crippen molar-refractivity contribution in [1.29, 1.82) is 0 Å². The second kappa shape index (κ2) is 8.67. The molecule has 0 saturated heterocycles. The first kappa shape index (κ1) is 19.0. The van der Waals surface area contributed by atoms with Crippen LogP contribution in [0.1, 0.15) is 24.1 Å². The molecule has 0 aliphatic rings.